The normalized spacial score (nSPS) is 13.8. The minimum atomic E-state index is -1.03. The van der Waals surface area contributed by atoms with Gasteiger partial charge in [-0.2, -0.15) is 0 Å². The molecule has 4 unspecified atom stereocenters. The highest BCUT2D eigenvalue weighted by molar-refractivity contribution is 5.78. The summed E-state index contributed by atoms with van der Waals surface area (Å²) >= 11 is 0. The summed E-state index contributed by atoms with van der Waals surface area (Å²) in [4.78, 5) is 51.7. The van der Waals surface area contributed by atoms with Gasteiger partial charge in [0, 0.05) is 26.5 Å². The van der Waals surface area contributed by atoms with Crippen LogP contribution in [0.5, 0.6) is 0 Å². The highest BCUT2D eigenvalue weighted by atomic mass is 16.7. The summed E-state index contributed by atoms with van der Waals surface area (Å²) < 4.78 is 52.1. The molecule has 0 bridgehead atoms. The van der Waals surface area contributed by atoms with Crippen LogP contribution in [0.25, 0.3) is 0 Å². The molecular weight excluding hydrogens is 907 g/mol. The Hall–Kier alpha value is -2.52. The predicted octanol–water partition coefficient (Wildman–Crippen LogP) is 13.5. The van der Waals surface area contributed by atoms with Gasteiger partial charge in [0.25, 0.3) is 0 Å². The maximum atomic E-state index is 12.7. The zero-order valence-electron chi connectivity index (χ0n) is 47.4. The first-order valence-corrected chi connectivity index (χ1v) is 28.6. The van der Waals surface area contributed by atoms with Crippen LogP contribution in [0.4, 0.5) is 4.79 Å². The molecule has 0 heterocycles. The fourth-order valence-corrected chi connectivity index (χ4v) is 8.12. The molecule has 14 heteroatoms. The Morgan fingerprint density at radius 2 is 0.986 bits per heavy atom. The molecule has 0 aromatic rings. The monoisotopic (exact) mass is 1020 g/mol. The Bertz CT molecular complexity index is 1280. The van der Waals surface area contributed by atoms with E-state index in [1.165, 1.54) is 82.6 Å². The quantitative estimate of drug-likeness (QED) is 0.0246. The van der Waals surface area contributed by atoms with Crippen LogP contribution in [0.15, 0.2) is 0 Å². The first kappa shape index (κ1) is 68.5. The highest BCUT2D eigenvalue weighted by Gasteiger charge is 2.28. The van der Waals surface area contributed by atoms with Gasteiger partial charge >= 0.3 is 24.0 Å². The smallest absolute Gasteiger partial charge is 0.410 e. The van der Waals surface area contributed by atoms with Crippen molar-refractivity contribution in [2.24, 2.45) is 11.8 Å². The molecule has 0 aliphatic heterocycles. The second-order valence-electron chi connectivity index (χ2n) is 20.7. The molecular formula is C57H109NO13. The van der Waals surface area contributed by atoms with Gasteiger partial charge in [0.1, 0.15) is 25.4 Å². The number of hydrogen-bond donors (Lipinski definition) is 0. The lowest BCUT2D eigenvalue weighted by Gasteiger charge is -2.31. The lowest BCUT2D eigenvalue weighted by Crippen LogP contribution is -2.42. The van der Waals surface area contributed by atoms with Crippen molar-refractivity contribution >= 4 is 24.0 Å². The third-order valence-corrected chi connectivity index (χ3v) is 12.6. The van der Waals surface area contributed by atoms with Gasteiger partial charge in [-0.25, -0.2) is 4.79 Å². The number of carbonyl (C=O) groups is 4. The molecule has 0 aromatic carbocycles. The van der Waals surface area contributed by atoms with Crippen molar-refractivity contribution in [2.75, 3.05) is 79.7 Å². The molecule has 0 fully saturated rings. The Labute approximate surface area is 434 Å². The molecule has 14 nitrogen and oxygen atoms in total. The van der Waals surface area contributed by atoms with Crippen molar-refractivity contribution in [3.05, 3.63) is 0 Å². The number of ether oxygens (including phenoxy) is 9. The van der Waals surface area contributed by atoms with Crippen LogP contribution in [-0.2, 0) is 57.0 Å². The maximum Gasteiger partial charge on any atom is 0.410 e. The highest BCUT2D eigenvalue weighted by Crippen LogP contribution is 2.22. The number of esters is 3. The molecule has 71 heavy (non-hydrogen) atoms. The third kappa shape index (κ3) is 42.5. The van der Waals surface area contributed by atoms with E-state index in [0.717, 1.165) is 89.9 Å². The van der Waals surface area contributed by atoms with Crippen molar-refractivity contribution in [2.45, 2.75) is 253 Å². The summed E-state index contributed by atoms with van der Waals surface area (Å²) in [6, 6.07) is 0. The molecule has 0 aromatic heterocycles. The first-order valence-electron chi connectivity index (χ1n) is 28.6. The van der Waals surface area contributed by atoms with E-state index in [2.05, 4.69) is 34.6 Å². The number of amides is 1. The topological polar surface area (TPSA) is 155 Å². The van der Waals surface area contributed by atoms with E-state index in [0.29, 0.717) is 44.5 Å². The SMILES string of the molecule is CCCCCCC(CCCC)COC(=O)CCCCCCCOC(C)(COC(CC)CCCCC(=O)OCC(CCCC)CCCCCC)OCCOCCOC(=O)CN(CCOC)C(=O)OC(C)(C)C. The molecule has 1 amide bonds. The zero-order chi connectivity index (χ0) is 52.9. The van der Waals surface area contributed by atoms with Crippen molar-refractivity contribution in [3.63, 3.8) is 0 Å². The predicted molar refractivity (Wildman–Crippen MR) is 283 cm³/mol. The van der Waals surface area contributed by atoms with E-state index in [-0.39, 0.29) is 70.8 Å². The van der Waals surface area contributed by atoms with Crippen molar-refractivity contribution in [1.29, 1.82) is 0 Å². The largest absolute Gasteiger partial charge is 0.465 e. The van der Waals surface area contributed by atoms with Gasteiger partial charge in [-0.1, -0.05) is 137 Å². The summed E-state index contributed by atoms with van der Waals surface area (Å²) in [5.41, 5.74) is -0.708. The number of carbonyl (C=O) groups excluding carboxylic acids is 4. The van der Waals surface area contributed by atoms with Crippen LogP contribution in [0.1, 0.15) is 236 Å². The van der Waals surface area contributed by atoms with Gasteiger partial charge in [0.15, 0.2) is 5.79 Å². The van der Waals surface area contributed by atoms with Crippen molar-refractivity contribution in [1.82, 2.24) is 4.90 Å². The second-order valence-corrected chi connectivity index (χ2v) is 20.7. The molecule has 0 radical (unpaired) electrons. The van der Waals surface area contributed by atoms with E-state index in [4.69, 9.17) is 42.6 Å². The molecule has 4 atom stereocenters. The standard InChI is InChI=1S/C57H109NO13/c1-11-16-20-25-33-49(31-18-13-3)46-66-52(59)36-27-23-22-24-30-39-69-57(9,70-44-42-64-41-43-65-54(61)45-58(38-40-63-10)55(62)71-56(6,7)8)48-68-51(15-5)35-28-29-37-53(60)67-47-50(32-19-14-4)34-26-21-17-12-2/h49-51H,11-48H2,1-10H3. The lowest BCUT2D eigenvalue weighted by molar-refractivity contribution is -0.260. The second kappa shape index (κ2) is 46.0. The molecule has 0 saturated carbocycles. The minimum Gasteiger partial charge on any atom is -0.465 e. The van der Waals surface area contributed by atoms with E-state index < -0.39 is 23.5 Å². The van der Waals surface area contributed by atoms with Crippen LogP contribution in [0, 0.1) is 11.8 Å². The van der Waals surface area contributed by atoms with E-state index in [9.17, 15) is 19.2 Å². The Morgan fingerprint density at radius 1 is 0.493 bits per heavy atom. The average molecular weight is 1020 g/mol. The zero-order valence-corrected chi connectivity index (χ0v) is 47.4. The number of unbranched alkanes of at least 4 members (excludes halogenated alkanes) is 13. The Balaban J connectivity index is 5.07. The number of hydrogen-bond acceptors (Lipinski definition) is 13. The third-order valence-electron chi connectivity index (χ3n) is 12.6. The van der Waals surface area contributed by atoms with Crippen LogP contribution < -0.4 is 0 Å². The number of methoxy groups -OCH3 is 1. The number of nitrogens with zero attached hydrogens (tertiary/aromatic N) is 1. The molecule has 0 spiro atoms. The van der Waals surface area contributed by atoms with Gasteiger partial charge < -0.3 is 42.6 Å². The summed E-state index contributed by atoms with van der Waals surface area (Å²) in [7, 11) is 1.52. The van der Waals surface area contributed by atoms with Crippen LogP contribution in [-0.4, -0.2) is 126 Å². The van der Waals surface area contributed by atoms with E-state index in [1.54, 1.807) is 20.8 Å². The summed E-state index contributed by atoms with van der Waals surface area (Å²) in [6.45, 7) is 20.7. The van der Waals surface area contributed by atoms with Gasteiger partial charge in [0.05, 0.1) is 52.4 Å². The fourth-order valence-electron chi connectivity index (χ4n) is 8.12. The molecule has 420 valence electrons. The average Bonchev–Trinajstić information content (AvgIpc) is 3.33. The van der Waals surface area contributed by atoms with E-state index in [1.807, 2.05) is 6.92 Å². The summed E-state index contributed by atoms with van der Waals surface area (Å²) in [6.07, 6.45) is 27.2. The minimum absolute atomic E-state index is 0.0105. The molecule has 0 rings (SSSR count). The molecule has 0 aliphatic carbocycles. The molecule has 0 aliphatic rings. The van der Waals surface area contributed by atoms with Crippen molar-refractivity contribution in [3.8, 4) is 0 Å². The van der Waals surface area contributed by atoms with Crippen LogP contribution in [0.2, 0.25) is 0 Å². The van der Waals surface area contributed by atoms with Gasteiger partial charge in [-0.05, 0) is 97.3 Å². The molecule has 0 N–H and O–H groups in total. The molecule has 0 saturated heterocycles. The van der Waals surface area contributed by atoms with Crippen molar-refractivity contribution < 1.29 is 61.8 Å². The fraction of sp³-hybridized carbons (Fsp3) is 0.930. The summed E-state index contributed by atoms with van der Waals surface area (Å²) in [5.74, 6) is -0.864. The van der Waals surface area contributed by atoms with Crippen LogP contribution in [0.3, 0.4) is 0 Å². The summed E-state index contributed by atoms with van der Waals surface area (Å²) in [5, 5.41) is 0. The first-order chi connectivity index (χ1) is 34.1. The number of rotatable bonds is 50. The van der Waals surface area contributed by atoms with Gasteiger partial charge in [-0.15, -0.1) is 0 Å². The maximum absolute atomic E-state index is 12.7. The van der Waals surface area contributed by atoms with E-state index >= 15 is 0 Å². The lowest BCUT2D eigenvalue weighted by atomic mass is 9.96. The van der Waals surface area contributed by atoms with Gasteiger partial charge in [0.2, 0.25) is 0 Å². The van der Waals surface area contributed by atoms with Gasteiger partial charge in [-0.3, -0.25) is 19.3 Å². The Kier molecular flexibility index (Phi) is 44.4. The van der Waals surface area contributed by atoms with Crippen LogP contribution >= 0.6 is 0 Å². The Morgan fingerprint density at radius 3 is 1.54 bits per heavy atom.